The molecule has 0 fully saturated rings. The van der Waals surface area contributed by atoms with E-state index in [0.29, 0.717) is 29.7 Å². The maximum Gasteiger partial charge on any atom is 0.274 e. The van der Waals surface area contributed by atoms with Crippen LogP contribution in [0.15, 0.2) is 54.6 Å². The van der Waals surface area contributed by atoms with Crippen molar-refractivity contribution in [3.8, 4) is 5.75 Å². The number of para-hydroxylation sites is 3. The fourth-order valence-corrected chi connectivity index (χ4v) is 3.37. The first-order valence-corrected chi connectivity index (χ1v) is 9.40. The molecule has 1 N–H and O–H groups in total. The van der Waals surface area contributed by atoms with E-state index in [1.807, 2.05) is 50.2 Å². The predicted molar refractivity (Wildman–Crippen MR) is 109 cm³/mol. The highest BCUT2D eigenvalue weighted by molar-refractivity contribution is 6.04. The summed E-state index contributed by atoms with van der Waals surface area (Å²) in [5, 5.41) is 2.90. The van der Waals surface area contributed by atoms with E-state index in [2.05, 4.69) is 32.3 Å². The molecule has 6 nitrogen and oxygen atoms in total. The summed E-state index contributed by atoms with van der Waals surface area (Å²) in [5.41, 5.74) is 4.07. The summed E-state index contributed by atoms with van der Waals surface area (Å²) in [6.07, 6.45) is 0.941. The summed E-state index contributed by atoms with van der Waals surface area (Å²) in [7, 11) is 0. The van der Waals surface area contributed by atoms with Gasteiger partial charge in [-0.15, -0.1) is 0 Å². The third-order valence-electron chi connectivity index (χ3n) is 4.64. The van der Waals surface area contributed by atoms with Gasteiger partial charge in [0.15, 0.2) is 0 Å². The number of rotatable bonds is 5. The van der Waals surface area contributed by atoms with E-state index in [4.69, 9.17) is 4.74 Å². The molecule has 1 aliphatic rings. The molecule has 0 radical (unpaired) electrons. The van der Waals surface area contributed by atoms with Gasteiger partial charge >= 0.3 is 0 Å². The van der Waals surface area contributed by atoms with Crippen molar-refractivity contribution in [2.24, 2.45) is 0 Å². The summed E-state index contributed by atoms with van der Waals surface area (Å²) < 4.78 is 5.59. The number of anilines is 3. The van der Waals surface area contributed by atoms with E-state index in [9.17, 15) is 4.79 Å². The Hall–Kier alpha value is -3.41. The van der Waals surface area contributed by atoms with Crippen LogP contribution < -0.4 is 15.0 Å². The number of carbonyl (C=O) groups excluding carboxylic acids is 1. The lowest BCUT2D eigenvalue weighted by Gasteiger charge is -2.18. The third-order valence-corrected chi connectivity index (χ3v) is 4.64. The average molecular weight is 374 g/mol. The van der Waals surface area contributed by atoms with Crippen LogP contribution in [0.25, 0.3) is 0 Å². The van der Waals surface area contributed by atoms with Gasteiger partial charge in [0.2, 0.25) is 5.95 Å². The zero-order chi connectivity index (χ0) is 19.5. The van der Waals surface area contributed by atoms with Crippen molar-refractivity contribution >= 4 is 23.2 Å². The Balaban J connectivity index is 1.62. The predicted octanol–water partition coefficient (Wildman–Crippen LogP) is 4.13. The first-order valence-electron chi connectivity index (χ1n) is 9.40. The molecule has 28 heavy (non-hydrogen) atoms. The van der Waals surface area contributed by atoms with Gasteiger partial charge in [0.05, 0.1) is 12.3 Å². The molecular formula is C22H22N4O2. The van der Waals surface area contributed by atoms with Crippen molar-refractivity contribution < 1.29 is 9.53 Å². The smallest absolute Gasteiger partial charge is 0.274 e. The highest BCUT2D eigenvalue weighted by Gasteiger charge is 2.23. The molecule has 2 aromatic carbocycles. The maximum atomic E-state index is 12.9. The van der Waals surface area contributed by atoms with E-state index < -0.39 is 0 Å². The molecule has 6 heteroatoms. The minimum atomic E-state index is -0.286. The Labute approximate surface area is 164 Å². The van der Waals surface area contributed by atoms with Crippen LogP contribution in [0.1, 0.15) is 28.7 Å². The van der Waals surface area contributed by atoms with Gasteiger partial charge in [0.1, 0.15) is 11.4 Å². The van der Waals surface area contributed by atoms with E-state index >= 15 is 0 Å². The van der Waals surface area contributed by atoms with Crippen LogP contribution in [0.3, 0.4) is 0 Å². The molecule has 4 rings (SSSR count). The van der Waals surface area contributed by atoms with Crippen molar-refractivity contribution in [1.29, 1.82) is 0 Å². The molecule has 1 aliphatic heterocycles. The summed E-state index contributed by atoms with van der Waals surface area (Å²) in [5.74, 6) is 0.900. The van der Waals surface area contributed by atoms with Crippen molar-refractivity contribution in [2.45, 2.75) is 20.3 Å². The second kappa shape index (κ2) is 7.68. The molecule has 0 unspecified atom stereocenters. The highest BCUT2D eigenvalue weighted by Crippen LogP contribution is 2.32. The standard InChI is InChI=1S/C22H22N4O2/c1-3-28-20-11-7-5-9-17(20)24-21(27)18-14-15(2)23-22(25-18)26-13-12-16-8-4-6-10-19(16)26/h4-11,14H,3,12-13H2,1-2H3,(H,24,27). The molecule has 0 bridgehead atoms. The van der Waals surface area contributed by atoms with Crippen LogP contribution in [-0.4, -0.2) is 29.0 Å². The molecule has 0 atom stereocenters. The van der Waals surface area contributed by atoms with E-state index in [1.54, 1.807) is 6.07 Å². The molecule has 1 amide bonds. The van der Waals surface area contributed by atoms with Gasteiger partial charge in [0, 0.05) is 17.9 Å². The van der Waals surface area contributed by atoms with Crippen molar-refractivity contribution in [2.75, 3.05) is 23.4 Å². The monoisotopic (exact) mass is 374 g/mol. The van der Waals surface area contributed by atoms with E-state index in [-0.39, 0.29) is 5.91 Å². The Morgan fingerprint density at radius 3 is 2.79 bits per heavy atom. The number of amides is 1. The normalized spacial score (nSPS) is 12.6. The number of nitrogens with one attached hydrogen (secondary N) is 1. The largest absolute Gasteiger partial charge is 0.492 e. The molecule has 2 heterocycles. The van der Waals surface area contributed by atoms with Crippen LogP contribution in [0.2, 0.25) is 0 Å². The molecule has 0 aliphatic carbocycles. The van der Waals surface area contributed by atoms with Crippen molar-refractivity contribution in [1.82, 2.24) is 9.97 Å². The van der Waals surface area contributed by atoms with Gasteiger partial charge in [-0.2, -0.15) is 0 Å². The number of carbonyl (C=O) groups is 1. The van der Waals surface area contributed by atoms with E-state index in [1.165, 1.54) is 5.56 Å². The Kier molecular flexibility index (Phi) is 4.93. The van der Waals surface area contributed by atoms with Crippen LogP contribution >= 0.6 is 0 Å². The zero-order valence-corrected chi connectivity index (χ0v) is 16.0. The van der Waals surface area contributed by atoms with Crippen LogP contribution in [0.4, 0.5) is 17.3 Å². The molecule has 0 saturated carbocycles. The first kappa shape index (κ1) is 18.0. The van der Waals surface area contributed by atoms with Crippen molar-refractivity contribution in [3.05, 3.63) is 71.5 Å². The Morgan fingerprint density at radius 1 is 1.14 bits per heavy atom. The molecular weight excluding hydrogens is 352 g/mol. The SMILES string of the molecule is CCOc1ccccc1NC(=O)c1cc(C)nc(N2CCc3ccccc32)n1. The lowest BCUT2D eigenvalue weighted by molar-refractivity contribution is 0.102. The van der Waals surface area contributed by atoms with Gasteiger partial charge < -0.3 is 15.0 Å². The molecule has 3 aromatic rings. The van der Waals surface area contributed by atoms with Gasteiger partial charge in [-0.05, 0) is 50.1 Å². The Bertz CT molecular complexity index is 1020. The zero-order valence-electron chi connectivity index (χ0n) is 16.0. The summed E-state index contributed by atoms with van der Waals surface area (Å²) >= 11 is 0. The number of hydrogen-bond acceptors (Lipinski definition) is 5. The van der Waals surface area contributed by atoms with Gasteiger partial charge in [0.25, 0.3) is 5.91 Å². The highest BCUT2D eigenvalue weighted by atomic mass is 16.5. The Morgan fingerprint density at radius 2 is 1.93 bits per heavy atom. The fourth-order valence-electron chi connectivity index (χ4n) is 3.37. The minimum Gasteiger partial charge on any atom is -0.492 e. The van der Waals surface area contributed by atoms with Crippen LogP contribution in [0.5, 0.6) is 5.75 Å². The number of fused-ring (bicyclic) bond motifs is 1. The third kappa shape index (κ3) is 3.53. The minimum absolute atomic E-state index is 0.286. The van der Waals surface area contributed by atoms with Gasteiger partial charge in [-0.25, -0.2) is 9.97 Å². The second-order valence-electron chi connectivity index (χ2n) is 6.61. The average Bonchev–Trinajstić information content (AvgIpc) is 3.13. The lowest BCUT2D eigenvalue weighted by Crippen LogP contribution is -2.21. The first-order chi connectivity index (χ1) is 13.7. The van der Waals surface area contributed by atoms with E-state index in [0.717, 1.165) is 24.3 Å². The summed E-state index contributed by atoms with van der Waals surface area (Å²) in [4.78, 5) is 24.0. The number of hydrogen-bond donors (Lipinski definition) is 1. The van der Waals surface area contributed by atoms with Crippen LogP contribution in [-0.2, 0) is 6.42 Å². The van der Waals surface area contributed by atoms with Crippen molar-refractivity contribution in [3.63, 3.8) is 0 Å². The topological polar surface area (TPSA) is 67.3 Å². The molecule has 0 spiro atoms. The summed E-state index contributed by atoms with van der Waals surface area (Å²) in [6.45, 7) is 5.11. The maximum absolute atomic E-state index is 12.9. The summed E-state index contributed by atoms with van der Waals surface area (Å²) in [6, 6.07) is 17.3. The number of benzene rings is 2. The number of aromatic nitrogens is 2. The second-order valence-corrected chi connectivity index (χ2v) is 6.61. The number of nitrogens with zero attached hydrogens (tertiary/aromatic N) is 3. The molecule has 1 aromatic heterocycles. The lowest BCUT2D eigenvalue weighted by atomic mass is 10.2. The fraction of sp³-hybridized carbons (Fsp3) is 0.227. The quantitative estimate of drug-likeness (QED) is 0.727. The molecule has 142 valence electrons. The number of ether oxygens (including phenoxy) is 1. The molecule has 0 saturated heterocycles. The van der Waals surface area contributed by atoms with Gasteiger partial charge in [-0.1, -0.05) is 30.3 Å². The van der Waals surface area contributed by atoms with Gasteiger partial charge in [-0.3, -0.25) is 4.79 Å². The van der Waals surface area contributed by atoms with Crippen LogP contribution in [0, 0.1) is 6.92 Å². The number of aryl methyl sites for hydroxylation is 1.